The molecular weight excluding hydrogens is 174 g/mol. The van der Waals surface area contributed by atoms with Gasteiger partial charge in [-0.05, 0) is 0 Å². The molecule has 0 bridgehead atoms. The van der Waals surface area contributed by atoms with Gasteiger partial charge in [0.25, 0.3) is 0 Å². The van der Waals surface area contributed by atoms with Gasteiger partial charge in [0, 0.05) is 20.1 Å². The van der Waals surface area contributed by atoms with Gasteiger partial charge in [0.15, 0.2) is 0 Å². The van der Waals surface area contributed by atoms with Crippen LogP contribution in [0.1, 0.15) is 6.42 Å². The number of ether oxygens (including phenoxy) is 2. The van der Waals surface area contributed by atoms with E-state index in [0.29, 0.717) is 19.6 Å². The van der Waals surface area contributed by atoms with Gasteiger partial charge in [0.05, 0.1) is 12.7 Å². The maximum Gasteiger partial charge on any atom is 0.323 e. The highest BCUT2D eigenvalue weighted by Crippen LogP contribution is 2.07. The quantitative estimate of drug-likeness (QED) is 0.434. The number of β-amino-alcohol motifs (C(OH)–C–C–N with tert-alkyl or cyclic N) is 1. The lowest BCUT2D eigenvalue weighted by molar-refractivity contribution is -0.147. The van der Waals surface area contributed by atoms with Gasteiger partial charge in [-0.1, -0.05) is 0 Å². The summed E-state index contributed by atoms with van der Waals surface area (Å²) in [5.41, 5.74) is 0. The van der Waals surface area contributed by atoms with Crippen LogP contribution < -0.4 is 5.32 Å². The molecule has 1 heterocycles. The van der Waals surface area contributed by atoms with Gasteiger partial charge in [0.2, 0.25) is 0 Å². The lowest BCUT2D eigenvalue weighted by Gasteiger charge is -2.09. The molecule has 5 heteroatoms. The van der Waals surface area contributed by atoms with Crippen molar-refractivity contribution in [2.24, 2.45) is 0 Å². The average Bonchev–Trinajstić information content (AvgIpc) is 2.52. The largest absolute Gasteiger partial charge is 0.462 e. The number of aliphatic hydroxyl groups excluding tert-OH is 1. The normalized spacial score (nSPS) is 27.5. The number of hydrogen-bond donors (Lipinski definition) is 2. The van der Waals surface area contributed by atoms with Gasteiger partial charge in [-0.3, -0.25) is 4.79 Å². The van der Waals surface area contributed by atoms with Crippen LogP contribution in [0.25, 0.3) is 0 Å². The van der Waals surface area contributed by atoms with Crippen molar-refractivity contribution in [1.82, 2.24) is 5.32 Å². The molecule has 5 nitrogen and oxygen atoms in total. The molecule has 0 aliphatic carbocycles. The molecule has 2 atom stereocenters. The van der Waals surface area contributed by atoms with Crippen LogP contribution in [-0.2, 0) is 14.3 Å². The molecule has 13 heavy (non-hydrogen) atoms. The third-order valence-electron chi connectivity index (χ3n) is 1.92. The topological polar surface area (TPSA) is 67.8 Å². The number of methoxy groups -OCH3 is 1. The smallest absolute Gasteiger partial charge is 0.323 e. The van der Waals surface area contributed by atoms with Crippen molar-refractivity contribution in [2.45, 2.75) is 18.6 Å². The van der Waals surface area contributed by atoms with Crippen molar-refractivity contribution in [3.05, 3.63) is 0 Å². The molecule has 0 aromatic rings. The molecule has 1 rings (SSSR count). The van der Waals surface area contributed by atoms with Crippen molar-refractivity contribution in [1.29, 1.82) is 0 Å². The van der Waals surface area contributed by atoms with E-state index in [0.717, 1.165) is 0 Å². The first-order valence-corrected chi connectivity index (χ1v) is 4.31. The van der Waals surface area contributed by atoms with E-state index in [-0.39, 0.29) is 18.6 Å². The maximum atomic E-state index is 11.2. The number of nitrogens with one attached hydrogen (secondary N) is 1. The first kappa shape index (κ1) is 10.4. The Morgan fingerprint density at radius 3 is 2.92 bits per heavy atom. The molecular formula is C8H15NO4. The van der Waals surface area contributed by atoms with Gasteiger partial charge in [-0.2, -0.15) is 0 Å². The van der Waals surface area contributed by atoms with Gasteiger partial charge in [-0.15, -0.1) is 0 Å². The van der Waals surface area contributed by atoms with E-state index >= 15 is 0 Å². The fraction of sp³-hybridized carbons (Fsp3) is 0.875. The highest BCUT2D eigenvalue weighted by atomic mass is 16.6. The molecule has 1 fully saturated rings. The van der Waals surface area contributed by atoms with Crippen molar-refractivity contribution in [2.75, 3.05) is 26.9 Å². The van der Waals surface area contributed by atoms with Crippen LogP contribution >= 0.6 is 0 Å². The second kappa shape index (κ2) is 5.16. The van der Waals surface area contributed by atoms with E-state index in [9.17, 15) is 4.79 Å². The Labute approximate surface area is 77.0 Å². The van der Waals surface area contributed by atoms with Gasteiger partial charge in [-0.25, -0.2) is 0 Å². The summed E-state index contributed by atoms with van der Waals surface area (Å²) < 4.78 is 9.61. The van der Waals surface area contributed by atoms with E-state index in [4.69, 9.17) is 14.6 Å². The first-order chi connectivity index (χ1) is 6.24. The number of hydrogen-bond acceptors (Lipinski definition) is 5. The van der Waals surface area contributed by atoms with Crippen LogP contribution in [0.4, 0.5) is 0 Å². The number of esters is 1. The fourth-order valence-corrected chi connectivity index (χ4v) is 1.22. The molecule has 2 N–H and O–H groups in total. The second-order valence-electron chi connectivity index (χ2n) is 3.01. The standard InChI is InChI=1S/C8H15NO4/c1-12-2-3-13-8(11)7-4-6(10)5-9-7/h6-7,9-10H,2-5H2,1H3/t6-,7+/m1/s1. The molecule has 0 aromatic carbocycles. The van der Waals surface area contributed by atoms with E-state index in [1.807, 2.05) is 0 Å². The van der Waals surface area contributed by atoms with Crippen LogP contribution in [0, 0.1) is 0 Å². The van der Waals surface area contributed by atoms with Crippen LogP contribution in [0.2, 0.25) is 0 Å². The zero-order valence-corrected chi connectivity index (χ0v) is 7.66. The molecule has 1 aliphatic heterocycles. The summed E-state index contributed by atoms with van der Waals surface area (Å²) in [6.07, 6.45) is 0.00575. The molecule has 0 amide bonds. The summed E-state index contributed by atoms with van der Waals surface area (Å²) in [7, 11) is 1.55. The van der Waals surface area contributed by atoms with Gasteiger partial charge in [0.1, 0.15) is 12.6 Å². The predicted molar refractivity (Wildman–Crippen MR) is 45.2 cm³/mol. The zero-order chi connectivity index (χ0) is 9.68. The summed E-state index contributed by atoms with van der Waals surface area (Å²) >= 11 is 0. The molecule has 0 spiro atoms. The number of rotatable bonds is 4. The van der Waals surface area contributed by atoms with Crippen LogP contribution in [0.3, 0.4) is 0 Å². The molecule has 1 aliphatic rings. The fourth-order valence-electron chi connectivity index (χ4n) is 1.22. The van der Waals surface area contributed by atoms with Crippen molar-refractivity contribution < 1.29 is 19.4 Å². The first-order valence-electron chi connectivity index (χ1n) is 4.31. The minimum Gasteiger partial charge on any atom is -0.462 e. The van der Waals surface area contributed by atoms with Crippen LogP contribution in [0.15, 0.2) is 0 Å². The molecule has 1 saturated heterocycles. The summed E-state index contributed by atoms with van der Waals surface area (Å²) in [5, 5.41) is 12.0. The minimum absolute atomic E-state index is 0.267. The summed E-state index contributed by atoms with van der Waals surface area (Å²) in [6.45, 7) is 1.13. The lowest BCUT2D eigenvalue weighted by atomic mass is 10.2. The Balaban J connectivity index is 2.16. The van der Waals surface area contributed by atoms with E-state index < -0.39 is 6.10 Å². The highest BCUT2D eigenvalue weighted by molar-refractivity contribution is 5.76. The Bertz CT molecular complexity index is 174. The van der Waals surface area contributed by atoms with E-state index in [2.05, 4.69) is 5.32 Å². The molecule has 76 valence electrons. The molecule has 0 unspecified atom stereocenters. The predicted octanol–water partition coefficient (Wildman–Crippen LogP) is -1.10. The van der Waals surface area contributed by atoms with Crippen LogP contribution in [0.5, 0.6) is 0 Å². The van der Waals surface area contributed by atoms with E-state index in [1.54, 1.807) is 7.11 Å². The van der Waals surface area contributed by atoms with E-state index in [1.165, 1.54) is 0 Å². The maximum absolute atomic E-state index is 11.2. The van der Waals surface area contributed by atoms with Crippen molar-refractivity contribution >= 4 is 5.97 Å². The second-order valence-corrected chi connectivity index (χ2v) is 3.01. The van der Waals surface area contributed by atoms with Gasteiger partial charge >= 0.3 is 5.97 Å². The SMILES string of the molecule is COCCOC(=O)[C@@H]1C[C@@H](O)CN1. The van der Waals surface area contributed by atoms with Crippen molar-refractivity contribution in [3.8, 4) is 0 Å². The van der Waals surface area contributed by atoms with Crippen molar-refractivity contribution in [3.63, 3.8) is 0 Å². The Morgan fingerprint density at radius 1 is 1.62 bits per heavy atom. The molecule has 0 radical (unpaired) electrons. The van der Waals surface area contributed by atoms with Crippen LogP contribution in [-0.4, -0.2) is 50.1 Å². The monoisotopic (exact) mass is 189 g/mol. The highest BCUT2D eigenvalue weighted by Gasteiger charge is 2.28. The third kappa shape index (κ3) is 3.30. The number of aliphatic hydroxyl groups is 1. The number of carbonyl (C=O) groups is 1. The summed E-state index contributed by atoms with van der Waals surface area (Å²) in [6, 6.07) is -0.355. The summed E-state index contributed by atoms with van der Waals surface area (Å²) in [4.78, 5) is 11.2. The molecule has 0 saturated carbocycles. The zero-order valence-electron chi connectivity index (χ0n) is 7.66. The number of carbonyl (C=O) groups excluding carboxylic acids is 1. The van der Waals surface area contributed by atoms with Gasteiger partial charge < -0.3 is 19.9 Å². The molecule has 0 aromatic heterocycles. The average molecular weight is 189 g/mol. The third-order valence-corrected chi connectivity index (χ3v) is 1.92. The lowest BCUT2D eigenvalue weighted by Crippen LogP contribution is -2.33. The Morgan fingerprint density at radius 2 is 2.38 bits per heavy atom. The minimum atomic E-state index is -0.431. The Hall–Kier alpha value is -0.650. The summed E-state index contributed by atoms with van der Waals surface area (Å²) in [5.74, 6) is -0.311. The Kier molecular flexibility index (Phi) is 4.14.